The summed E-state index contributed by atoms with van der Waals surface area (Å²) in [6.45, 7) is 2.15. The molecule has 0 saturated heterocycles. The Morgan fingerprint density at radius 2 is 1.90 bits per heavy atom. The second kappa shape index (κ2) is 12.9. The van der Waals surface area contributed by atoms with E-state index < -0.39 is 17.0 Å². The van der Waals surface area contributed by atoms with Gasteiger partial charge in [0.05, 0.1) is 17.2 Å². The number of H-pyrrole nitrogens is 2. The average Bonchev–Trinajstić information content (AvgIpc) is 3.66. The predicted octanol–water partition coefficient (Wildman–Crippen LogP) is 9.22. The van der Waals surface area contributed by atoms with Crippen LogP contribution in [0.5, 0.6) is 11.5 Å². The van der Waals surface area contributed by atoms with Crippen LogP contribution in [0.15, 0.2) is 67.0 Å². The van der Waals surface area contributed by atoms with Gasteiger partial charge in [-0.3, -0.25) is 4.79 Å². The van der Waals surface area contributed by atoms with E-state index in [1.165, 1.54) is 24.3 Å². The number of hydrogen-bond donors (Lipinski definition) is 2. The maximum Gasteiger partial charge on any atom is 0.174 e. The fraction of sp³-hybridized carbons (Fsp3) is 0.242. The van der Waals surface area contributed by atoms with Crippen LogP contribution in [-0.2, 0) is 5.41 Å². The third-order valence-corrected chi connectivity index (χ3v) is 8.35. The number of carbonyl (C=O) groups is 1. The fourth-order valence-corrected chi connectivity index (χ4v) is 5.85. The van der Waals surface area contributed by atoms with Crippen molar-refractivity contribution in [3.05, 3.63) is 99.0 Å². The molecule has 0 bridgehead atoms. The highest BCUT2D eigenvalue weighted by Gasteiger charge is 2.31. The van der Waals surface area contributed by atoms with Crippen LogP contribution in [0.3, 0.4) is 0 Å². The number of aromatic nitrogens is 3. The molecular formula is C33H29F2IN4O2. The Hall–Kier alpha value is -4.04. The van der Waals surface area contributed by atoms with Crippen LogP contribution < -0.4 is 4.74 Å². The van der Waals surface area contributed by atoms with Gasteiger partial charge in [0, 0.05) is 50.5 Å². The minimum absolute atomic E-state index is 0.0679. The van der Waals surface area contributed by atoms with Gasteiger partial charge in [-0.2, -0.15) is 5.26 Å². The Balaban J connectivity index is 1.46. The number of ether oxygens (including phenoxy) is 1. The Morgan fingerprint density at radius 3 is 2.69 bits per heavy atom. The number of fused-ring (bicyclic) bond motifs is 1. The number of nitrogens with zero attached hydrogens (tertiary/aromatic N) is 2. The molecule has 0 amide bonds. The van der Waals surface area contributed by atoms with E-state index in [-0.39, 0.29) is 22.6 Å². The van der Waals surface area contributed by atoms with Crippen molar-refractivity contribution in [2.24, 2.45) is 0 Å². The Bertz CT molecular complexity index is 1770. The van der Waals surface area contributed by atoms with Gasteiger partial charge in [-0.05, 0) is 84.3 Å². The van der Waals surface area contributed by atoms with Crippen LogP contribution in [0, 0.1) is 26.5 Å². The first kappa shape index (κ1) is 29.5. The van der Waals surface area contributed by atoms with Crippen LogP contribution in [0.4, 0.5) is 8.78 Å². The molecule has 0 radical (unpaired) electrons. The van der Waals surface area contributed by atoms with Crippen LogP contribution in [0.1, 0.15) is 67.1 Å². The van der Waals surface area contributed by atoms with Gasteiger partial charge in [-0.15, -0.1) is 0 Å². The normalized spacial score (nSPS) is 12.6. The van der Waals surface area contributed by atoms with Gasteiger partial charge in [0.1, 0.15) is 17.4 Å². The summed E-state index contributed by atoms with van der Waals surface area (Å²) in [4.78, 5) is 22.6. The molecule has 42 heavy (non-hydrogen) atoms. The molecule has 0 spiro atoms. The first-order valence-electron chi connectivity index (χ1n) is 13.7. The highest BCUT2D eigenvalue weighted by molar-refractivity contribution is 14.1. The van der Waals surface area contributed by atoms with Gasteiger partial charge >= 0.3 is 0 Å². The number of benzene rings is 3. The smallest absolute Gasteiger partial charge is 0.174 e. The Morgan fingerprint density at radius 1 is 1.07 bits per heavy atom. The van der Waals surface area contributed by atoms with Crippen molar-refractivity contribution in [2.45, 2.75) is 50.9 Å². The number of aldehydes is 1. The number of nitriles is 1. The molecule has 0 aliphatic carbocycles. The highest BCUT2D eigenvalue weighted by atomic mass is 127. The summed E-state index contributed by atoms with van der Waals surface area (Å²) >= 11 is 2.30. The average molecular weight is 679 g/mol. The maximum atomic E-state index is 15.1. The molecule has 2 heterocycles. The van der Waals surface area contributed by atoms with E-state index in [1.807, 2.05) is 12.1 Å². The van der Waals surface area contributed by atoms with Crippen LogP contribution >= 0.6 is 22.6 Å². The summed E-state index contributed by atoms with van der Waals surface area (Å²) in [7, 11) is 0. The Kier molecular flexibility index (Phi) is 9.02. The number of hydrogen-bond acceptors (Lipinski definition) is 4. The van der Waals surface area contributed by atoms with Crippen LogP contribution in [0.2, 0.25) is 0 Å². The number of halogens is 3. The number of unbranched alkanes of at least 4 members (excludes halogenated alkanes) is 4. The molecule has 5 aromatic rings. The molecule has 214 valence electrons. The number of aromatic amines is 2. The summed E-state index contributed by atoms with van der Waals surface area (Å²) < 4.78 is 37.0. The molecule has 6 nitrogen and oxygen atoms in total. The van der Waals surface area contributed by atoms with Gasteiger partial charge in [-0.1, -0.05) is 31.4 Å². The quantitative estimate of drug-likeness (QED) is 0.0782. The zero-order chi connectivity index (χ0) is 29.7. The van der Waals surface area contributed by atoms with Crippen molar-refractivity contribution < 1.29 is 18.3 Å². The van der Waals surface area contributed by atoms with Gasteiger partial charge in [0.15, 0.2) is 17.9 Å². The van der Waals surface area contributed by atoms with E-state index >= 15 is 4.39 Å². The molecule has 0 aliphatic rings. The van der Waals surface area contributed by atoms with E-state index in [1.54, 1.807) is 18.5 Å². The zero-order valence-corrected chi connectivity index (χ0v) is 25.2. The summed E-state index contributed by atoms with van der Waals surface area (Å²) in [6.07, 6.45) is 9.14. The van der Waals surface area contributed by atoms with Crippen LogP contribution in [-0.4, -0.2) is 21.2 Å². The Labute approximate surface area is 256 Å². The lowest BCUT2D eigenvalue weighted by atomic mass is 9.75. The van der Waals surface area contributed by atoms with Crippen LogP contribution in [0.25, 0.3) is 22.3 Å². The molecule has 2 aromatic heterocycles. The molecule has 5 rings (SSSR count). The van der Waals surface area contributed by atoms with Crippen molar-refractivity contribution in [2.75, 3.05) is 0 Å². The number of rotatable bonds is 12. The minimum Gasteiger partial charge on any atom is -0.453 e. The van der Waals surface area contributed by atoms with Crippen molar-refractivity contribution >= 4 is 39.8 Å². The molecule has 9 heteroatoms. The monoisotopic (exact) mass is 678 g/mol. The highest BCUT2D eigenvalue weighted by Crippen LogP contribution is 2.39. The zero-order valence-electron chi connectivity index (χ0n) is 23.0. The molecular weight excluding hydrogens is 649 g/mol. The summed E-state index contributed by atoms with van der Waals surface area (Å²) in [5.74, 6) is -0.973. The van der Waals surface area contributed by atoms with Crippen molar-refractivity contribution in [1.82, 2.24) is 15.0 Å². The predicted molar refractivity (Wildman–Crippen MR) is 167 cm³/mol. The van der Waals surface area contributed by atoms with Gasteiger partial charge in [-0.25, -0.2) is 13.8 Å². The number of carbonyl (C=O) groups excluding carboxylic acids is 1. The molecule has 0 saturated carbocycles. The van der Waals surface area contributed by atoms with E-state index in [2.05, 4.69) is 62.7 Å². The van der Waals surface area contributed by atoms with E-state index in [0.29, 0.717) is 29.4 Å². The number of nitrogens with one attached hydrogen (secondary N) is 2. The minimum atomic E-state index is -0.709. The topological polar surface area (TPSA) is 94.6 Å². The lowest BCUT2D eigenvalue weighted by molar-refractivity contribution is 0.112. The van der Waals surface area contributed by atoms with E-state index in [4.69, 9.17) is 10.00 Å². The lowest BCUT2D eigenvalue weighted by Gasteiger charge is -2.29. The van der Waals surface area contributed by atoms with Crippen molar-refractivity contribution in [3.63, 3.8) is 0 Å². The van der Waals surface area contributed by atoms with Gasteiger partial charge in [0.2, 0.25) is 0 Å². The first-order chi connectivity index (χ1) is 20.3. The third-order valence-electron chi connectivity index (χ3n) is 7.68. The third kappa shape index (κ3) is 6.09. The molecule has 0 aliphatic heterocycles. The molecule has 3 aromatic carbocycles. The maximum absolute atomic E-state index is 15.1. The van der Waals surface area contributed by atoms with Gasteiger partial charge < -0.3 is 14.7 Å². The second-order valence-electron chi connectivity index (χ2n) is 10.5. The molecule has 2 N–H and O–H groups in total. The second-order valence-corrected chi connectivity index (χ2v) is 11.7. The summed E-state index contributed by atoms with van der Waals surface area (Å²) in [6, 6.07) is 17.5. The van der Waals surface area contributed by atoms with Gasteiger partial charge in [0.25, 0.3) is 0 Å². The van der Waals surface area contributed by atoms with E-state index in [9.17, 15) is 9.18 Å². The van der Waals surface area contributed by atoms with E-state index in [0.717, 1.165) is 46.9 Å². The van der Waals surface area contributed by atoms with Crippen molar-refractivity contribution in [3.8, 4) is 29.0 Å². The summed E-state index contributed by atoms with van der Waals surface area (Å²) in [5.41, 5.74) is 2.25. The summed E-state index contributed by atoms with van der Waals surface area (Å²) in [5, 5.41) is 9.35. The molecule has 1 atom stereocenters. The SMILES string of the molecule is CC(CCCCCCC#N)(c1cccc(I)c1)c1cnc(-c2cc(Oc3c(F)cc4[nH]ccc4c3C=O)ccc2F)[nH]1. The molecule has 1 unspecified atom stereocenters. The largest absolute Gasteiger partial charge is 0.453 e. The molecule has 0 fully saturated rings. The first-order valence-corrected chi connectivity index (χ1v) is 14.8. The fourth-order valence-electron chi connectivity index (χ4n) is 5.31. The number of imidazole rings is 1. The van der Waals surface area contributed by atoms with Crippen molar-refractivity contribution in [1.29, 1.82) is 5.26 Å². The lowest BCUT2D eigenvalue weighted by Crippen LogP contribution is -2.24. The standard InChI is InChI=1S/C33H29F2IN4O2/c1-33(13-5-3-2-4-6-14-37,21-8-7-9-22(36)16-21)30-19-39-32(40-30)25-17-23(10-11-27(25)34)42-31-26(20-41)24-12-15-38-29(24)18-28(31)35/h7-12,15-20,38H,2-6,13H2,1H3,(H,39,40).